The van der Waals surface area contributed by atoms with Crippen molar-refractivity contribution in [3.63, 3.8) is 0 Å². The van der Waals surface area contributed by atoms with Crippen LogP contribution in [-0.2, 0) is 4.79 Å². The molecule has 1 atom stereocenters. The van der Waals surface area contributed by atoms with Gasteiger partial charge in [-0.25, -0.2) is 0 Å². The molecule has 0 aromatic heterocycles. The van der Waals surface area contributed by atoms with Gasteiger partial charge in [0.25, 0.3) is 5.91 Å². The van der Waals surface area contributed by atoms with Crippen LogP contribution < -0.4 is 15.4 Å². The molecule has 0 aliphatic carbocycles. The monoisotopic (exact) mass is 430 g/mol. The second-order valence-electron chi connectivity index (χ2n) is 5.81. The fourth-order valence-corrected chi connectivity index (χ4v) is 2.58. The lowest BCUT2D eigenvalue weighted by atomic mass is 10.2. The van der Waals surface area contributed by atoms with Crippen molar-refractivity contribution >= 4 is 24.0 Å². The molecule has 0 saturated carbocycles. The highest BCUT2D eigenvalue weighted by atomic mass is 35.5. The molecular formula is C15H19ClF4N4O4. The summed E-state index contributed by atoms with van der Waals surface area (Å²) in [5, 5.41) is 15.6. The fraction of sp³-hybridized carbons (Fsp3) is 0.533. The van der Waals surface area contributed by atoms with Crippen molar-refractivity contribution in [2.45, 2.75) is 12.2 Å². The normalized spacial score (nSPS) is 16.0. The number of carbonyl (C=O) groups is 1. The van der Waals surface area contributed by atoms with Gasteiger partial charge in [0.2, 0.25) is 5.82 Å². The van der Waals surface area contributed by atoms with Gasteiger partial charge in [0.05, 0.1) is 4.92 Å². The van der Waals surface area contributed by atoms with E-state index in [4.69, 9.17) is 4.74 Å². The lowest BCUT2D eigenvalue weighted by Gasteiger charge is -2.35. The molecule has 1 aromatic rings. The van der Waals surface area contributed by atoms with E-state index in [1.54, 1.807) is 0 Å². The molecule has 1 unspecified atom stereocenters. The van der Waals surface area contributed by atoms with Crippen LogP contribution in [0, 0.1) is 15.9 Å². The number of ether oxygens (including phenoxy) is 1. The number of nitro groups is 1. The van der Waals surface area contributed by atoms with Gasteiger partial charge in [-0.1, -0.05) is 0 Å². The average molecular weight is 431 g/mol. The van der Waals surface area contributed by atoms with Crippen LogP contribution in [0.15, 0.2) is 18.2 Å². The quantitative estimate of drug-likeness (QED) is 0.386. The molecule has 1 fully saturated rings. The molecular weight excluding hydrogens is 412 g/mol. The van der Waals surface area contributed by atoms with E-state index in [1.807, 2.05) is 0 Å². The first-order valence-corrected chi connectivity index (χ1v) is 8.03. The molecule has 13 heteroatoms. The molecule has 158 valence electrons. The third-order valence-corrected chi connectivity index (χ3v) is 3.95. The number of alkyl halides is 3. The molecule has 1 amide bonds. The molecule has 1 aliphatic heterocycles. The Bertz CT molecular complexity index is 686. The third-order valence-electron chi connectivity index (χ3n) is 3.95. The van der Waals surface area contributed by atoms with Gasteiger partial charge >= 0.3 is 11.9 Å². The predicted molar refractivity (Wildman–Crippen MR) is 93.1 cm³/mol. The van der Waals surface area contributed by atoms with Gasteiger partial charge in [0.1, 0.15) is 11.8 Å². The van der Waals surface area contributed by atoms with Crippen LogP contribution in [0.1, 0.15) is 0 Å². The summed E-state index contributed by atoms with van der Waals surface area (Å²) in [4.78, 5) is 22.6. The van der Waals surface area contributed by atoms with Gasteiger partial charge in [-0.3, -0.25) is 19.8 Å². The molecule has 1 aromatic carbocycles. The lowest BCUT2D eigenvalue weighted by Crippen LogP contribution is -2.57. The first-order valence-electron chi connectivity index (χ1n) is 8.03. The third kappa shape index (κ3) is 6.77. The Morgan fingerprint density at radius 3 is 2.54 bits per heavy atom. The van der Waals surface area contributed by atoms with E-state index in [9.17, 15) is 32.5 Å². The maximum atomic E-state index is 13.5. The van der Waals surface area contributed by atoms with Crippen LogP contribution in [0.5, 0.6) is 5.75 Å². The number of rotatable bonds is 7. The molecule has 0 bridgehead atoms. The Kier molecular flexibility index (Phi) is 8.85. The second kappa shape index (κ2) is 10.4. The van der Waals surface area contributed by atoms with Crippen molar-refractivity contribution in [3.8, 4) is 5.75 Å². The maximum Gasteiger partial charge on any atom is 0.405 e. The Balaban J connectivity index is 0.00000392. The molecule has 28 heavy (non-hydrogen) atoms. The fourth-order valence-electron chi connectivity index (χ4n) is 2.58. The predicted octanol–water partition coefficient (Wildman–Crippen LogP) is 1.49. The summed E-state index contributed by atoms with van der Waals surface area (Å²) in [6.45, 7) is -0.0222. The highest BCUT2D eigenvalue weighted by molar-refractivity contribution is 5.85. The number of hydrogen-bond donors (Lipinski definition) is 2. The number of nitrogens with zero attached hydrogens (tertiary/aromatic N) is 2. The molecule has 0 radical (unpaired) electrons. The van der Waals surface area contributed by atoms with Gasteiger partial charge in [0.15, 0.2) is 6.61 Å². The van der Waals surface area contributed by atoms with Crippen molar-refractivity contribution in [1.82, 2.24) is 15.5 Å². The van der Waals surface area contributed by atoms with E-state index < -0.39 is 47.7 Å². The minimum atomic E-state index is -4.51. The topological polar surface area (TPSA) is 96.7 Å². The first kappa shape index (κ1) is 23.9. The van der Waals surface area contributed by atoms with Crippen LogP contribution in [0.25, 0.3) is 0 Å². The number of halogens is 5. The zero-order chi connectivity index (χ0) is 20.0. The molecule has 0 spiro atoms. The lowest BCUT2D eigenvalue weighted by molar-refractivity contribution is -0.387. The molecule has 1 aliphatic rings. The van der Waals surface area contributed by atoms with Gasteiger partial charge < -0.3 is 15.4 Å². The summed E-state index contributed by atoms with van der Waals surface area (Å²) in [6.07, 6.45) is -4.51. The standard InChI is InChI=1S/C15H18F4N4O4.ClH/c16-11-7-10(1-2-12(11)23(25)26)27-9-14(24)21-8-13(15(17,18)19)22-5-3-20-4-6-22;/h1-2,7,13,20H,3-6,8-9H2,(H,21,24);1H. The SMILES string of the molecule is Cl.O=C(COc1ccc([N+](=O)[O-])c(F)c1)NCC(N1CCNCC1)C(F)(F)F. The van der Waals surface area contributed by atoms with Crippen molar-refractivity contribution in [3.05, 3.63) is 34.1 Å². The van der Waals surface area contributed by atoms with E-state index in [0.29, 0.717) is 13.1 Å². The summed E-state index contributed by atoms with van der Waals surface area (Å²) in [7, 11) is 0. The number of amides is 1. The largest absolute Gasteiger partial charge is 0.484 e. The number of hydrogen-bond acceptors (Lipinski definition) is 6. The van der Waals surface area contributed by atoms with Crippen LogP contribution >= 0.6 is 12.4 Å². The minimum Gasteiger partial charge on any atom is -0.484 e. The highest BCUT2D eigenvalue weighted by Gasteiger charge is 2.43. The zero-order valence-electron chi connectivity index (χ0n) is 14.5. The maximum absolute atomic E-state index is 13.5. The molecule has 2 rings (SSSR count). The summed E-state index contributed by atoms with van der Waals surface area (Å²) in [6, 6.07) is 0.866. The van der Waals surface area contributed by atoms with E-state index in [0.717, 1.165) is 18.2 Å². The van der Waals surface area contributed by atoms with Crippen LogP contribution in [0.2, 0.25) is 0 Å². The first-order chi connectivity index (χ1) is 12.7. The van der Waals surface area contributed by atoms with E-state index in [2.05, 4.69) is 10.6 Å². The van der Waals surface area contributed by atoms with E-state index >= 15 is 0 Å². The van der Waals surface area contributed by atoms with Crippen molar-refractivity contribution in [1.29, 1.82) is 0 Å². The highest BCUT2D eigenvalue weighted by Crippen LogP contribution is 2.25. The van der Waals surface area contributed by atoms with Gasteiger partial charge in [0, 0.05) is 44.9 Å². The van der Waals surface area contributed by atoms with Crippen molar-refractivity contribution in [2.75, 3.05) is 39.3 Å². The van der Waals surface area contributed by atoms with Crippen molar-refractivity contribution in [2.24, 2.45) is 0 Å². The van der Waals surface area contributed by atoms with Gasteiger partial charge in [-0.15, -0.1) is 12.4 Å². The average Bonchev–Trinajstić information content (AvgIpc) is 2.59. The molecule has 1 heterocycles. The summed E-state index contributed by atoms with van der Waals surface area (Å²) < 4.78 is 58.1. The minimum absolute atomic E-state index is 0. The van der Waals surface area contributed by atoms with Crippen LogP contribution in [0.3, 0.4) is 0 Å². The van der Waals surface area contributed by atoms with Crippen LogP contribution in [-0.4, -0.2) is 67.3 Å². The Morgan fingerprint density at radius 2 is 2.00 bits per heavy atom. The summed E-state index contributed by atoms with van der Waals surface area (Å²) in [5.41, 5.74) is -0.754. The Morgan fingerprint density at radius 1 is 1.36 bits per heavy atom. The van der Waals surface area contributed by atoms with Crippen LogP contribution in [0.4, 0.5) is 23.2 Å². The second-order valence-corrected chi connectivity index (χ2v) is 5.81. The summed E-state index contributed by atoms with van der Waals surface area (Å²) in [5.74, 6) is -2.12. The number of carbonyl (C=O) groups excluding carboxylic acids is 1. The van der Waals surface area contributed by atoms with E-state index in [1.165, 1.54) is 4.90 Å². The number of nitro benzene ring substituents is 1. The number of piperazine rings is 1. The van der Waals surface area contributed by atoms with E-state index in [-0.39, 0.29) is 31.2 Å². The molecule has 1 saturated heterocycles. The molecule has 8 nitrogen and oxygen atoms in total. The zero-order valence-corrected chi connectivity index (χ0v) is 15.3. The molecule has 2 N–H and O–H groups in total. The smallest absolute Gasteiger partial charge is 0.405 e. The van der Waals surface area contributed by atoms with Gasteiger partial charge in [-0.05, 0) is 6.07 Å². The van der Waals surface area contributed by atoms with Gasteiger partial charge in [-0.2, -0.15) is 17.6 Å². The van der Waals surface area contributed by atoms with Crippen molar-refractivity contribution < 1.29 is 32.0 Å². The Hall–Kier alpha value is -2.18. The summed E-state index contributed by atoms with van der Waals surface area (Å²) >= 11 is 0. The number of nitrogens with one attached hydrogen (secondary N) is 2. The Labute approximate surface area is 163 Å². The number of benzene rings is 1.